The van der Waals surface area contributed by atoms with Gasteiger partial charge in [0.1, 0.15) is 0 Å². The molecule has 1 atom stereocenters. The van der Waals surface area contributed by atoms with Gasteiger partial charge in [0, 0.05) is 24.6 Å². The summed E-state index contributed by atoms with van der Waals surface area (Å²) in [6.07, 6.45) is 3.15. The normalized spacial score (nSPS) is 19.2. The van der Waals surface area contributed by atoms with E-state index in [-0.39, 0.29) is 12.6 Å². The van der Waals surface area contributed by atoms with Crippen molar-refractivity contribution in [2.75, 3.05) is 13.2 Å². The molecule has 1 N–H and O–H groups in total. The molecule has 5 heteroatoms. The van der Waals surface area contributed by atoms with Crippen molar-refractivity contribution >= 4 is 10.0 Å². The fourth-order valence-electron chi connectivity index (χ4n) is 2.60. The van der Waals surface area contributed by atoms with Crippen molar-refractivity contribution in [1.82, 2.24) is 4.31 Å². The minimum atomic E-state index is -3.40. The van der Waals surface area contributed by atoms with Crippen molar-refractivity contribution in [2.45, 2.75) is 43.5 Å². The van der Waals surface area contributed by atoms with Crippen LogP contribution in [-0.2, 0) is 10.0 Å². The topological polar surface area (TPSA) is 57.6 Å². The third-order valence-electron chi connectivity index (χ3n) is 3.72. The Balaban J connectivity index is 2.20. The van der Waals surface area contributed by atoms with Crippen molar-refractivity contribution in [3.63, 3.8) is 0 Å². The van der Waals surface area contributed by atoms with Gasteiger partial charge in [-0.1, -0.05) is 18.8 Å². The van der Waals surface area contributed by atoms with Gasteiger partial charge >= 0.3 is 0 Å². The van der Waals surface area contributed by atoms with Crippen molar-refractivity contribution in [3.05, 3.63) is 29.8 Å². The van der Waals surface area contributed by atoms with E-state index >= 15 is 0 Å². The SMILES string of the molecule is CCC1CCCN1S(=O)(=O)c1ccc(C#CCCO)cc1. The Labute approximate surface area is 126 Å². The Morgan fingerprint density at radius 1 is 1.33 bits per heavy atom. The van der Waals surface area contributed by atoms with Crippen LogP contribution in [0.2, 0.25) is 0 Å². The smallest absolute Gasteiger partial charge is 0.243 e. The van der Waals surface area contributed by atoms with Gasteiger partial charge in [-0.15, -0.1) is 0 Å². The van der Waals surface area contributed by atoms with Crippen LogP contribution in [0.5, 0.6) is 0 Å². The number of aliphatic hydroxyl groups excluding tert-OH is 1. The van der Waals surface area contributed by atoms with Gasteiger partial charge < -0.3 is 5.11 Å². The van der Waals surface area contributed by atoms with E-state index < -0.39 is 10.0 Å². The standard InChI is InChI=1S/C16H21NO3S/c1-2-15-7-5-12-17(15)21(19,20)16-10-8-14(9-11-16)6-3-4-13-18/h8-11,15,18H,2,4-5,7,12-13H2,1H3. The van der Waals surface area contributed by atoms with Crippen LogP contribution in [0.25, 0.3) is 0 Å². The minimum Gasteiger partial charge on any atom is -0.395 e. The number of nitrogens with zero attached hydrogens (tertiary/aromatic N) is 1. The highest BCUT2D eigenvalue weighted by Crippen LogP contribution is 2.27. The summed E-state index contributed by atoms with van der Waals surface area (Å²) >= 11 is 0. The van der Waals surface area contributed by atoms with Crippen molar-refractivity contribution < 1.29 is 13.5 Å². The molecule has 0 aromatic heterocycles. The van der Waals surface area contributed by atoms with Crippen LogP contribution in [0.3, 0.4) is 0 Å². The van der Waals surface area contributed by atoms with Gasteiger partial charge in [-0.3, -0.25) is 0 Å². The average Bonchev–Trinajstić information content (AvgIpc) is 2.97. The molecule has 1 saturated heterocycles. The molecule has 1 unspecified atom stereocenters. The lowest BCUT2D eigenvalue weighted by Crippen LogP contribution is -2.35. The summed E-state index contributed by atoms with van der Waals surface area (Å²) in [4.78, 5) is 0.329. The Bertz CT molecular complexity index is 626. The number of hydrogen-bond donors (Lipinski definition) is 1. The highest BCUT2D eigenvalue weighted by atomic mass is 32.2. The van der Waals surface area contributed by atoms with E-state index in [0.29, 0.717) is 17.9 Å². The van der Waals surface area contributed by atoms with Crippen LogP contribution in [0.1, 0.15) is 38.2 Å². The summed E-state index contributed by atoms with van der Waals surface area (Å²) in [5, 5.41) is 8.68. The quantitative estimate of drug-likeness (QED) is 0.865. The van der Waals surface area contributed by atoms with Crippen molar-refractivity contribution in [3.8, 4) is 11.8 Å². The number of rotatable bonds is 4. The average molecular weight is 307 g/mol. The van der Waals surface area contributed by atoms with E-state index in [4.69, 9.17) is 5.11 Å². The first-order valence-electron chi connectivity index (χ1n) is 7.31. The zero-order valence-electron chi connectivity index (χ0n) is 12.2. The second kappa shape index (κ2) is 7.08. The van der Waals surface area contributed by atoms with Crippen LogP contribution in [0.4, 0.5) is 0 Å². The molecule has 0 aliphatic carbocycles. The predicted molar refractivity (Wildman–Crippen MR) is 82.2 cm³/mol. The molecule has 2 rings (SSSR count). The highest BCUT2D eigenvalue weighted by molar-refractivity contribution is 7.89. The molecule has 1 fully saturated rings. The van der Waals surface area contributed by atoms with Gasteiger partial charge in [0.2, 0.25) is 10.0 Å². The monoisotopic (exact) mass is 307 g/mol. The number of hydrogen-bond acceptors (Lipinski definition) is 3. The lowest BCUT2D eigenvalue weighted by molar-refractivity contribution is 0.305. The maximum absolute atomic E-state index is 12.6. The van der Waals surface area contributed by atoms with E-state index in [0.717, 1.165) is 24.8 Å². The highest BCUT2D eigenvalue weighted by Gasteiger charge is 2.33. The maximum atomic E-state index is 12.6. The molecule has 0 bridgehead atoms. The molecule has 0 saturated carbocycles. The van der Waals surface area contributed by atoms with E-state index in [1.165, 1.54) is 0 Å². The van der Waals surface area contributed by atoms with Crippen LogP contribution >= 0.6 is 0 Å². The zero-order chi connectivity index (χ0) is 15.3. The second-order valence-corrected chi connectivity index (χ2v) is 7.01. The van der Waals surface area contributed by atoms with Crippen molar-refractivity contribution in [1.29, 1.82) is 0 Å². The van der Waals surface area contributed by atoms with Gasteiger partial charge in [-0.05, 0) is 43.5 Å². The second-order valence-electron chi connectivity index (χ2n) is 5.12. The van der Waals surface area contributed by atoms with E-state index in [1.54, 1.807) is 28.6 Å². The van der Waals surface area contributed by atoms with Crippen LogP contribution in [-0.4, -0.2) is 37.0 Å². The molecule has 1 aliphatic heterocycles. The Morgan fingerprint density at radius 3 is 2.67 bits per heavy atom. The fourth-order valence-corrected chi connectivity index (χ4v) is 4.37. The third kappa shape index (κ3) is 3.65. The fraction of sp³-hybridized carbons (Fsp3) is 0.500. The summed E-state index contributed by atoms with van der Waals surface area (Å²) in [6.45, 7) is 2.67. The maximum Gasteiger partial charge on any atom is 0.243 e. The summed E-state index contributed by atoms with van der Waals surface area (Å²) in [7, 11) is -3.40. The van der Waals surface area contributed by atoms with Gasteiger partial charge in [0.25, 0.3) is 0 Å². The molecular formula is C16H21NO3S. The molecule has 114 valence electrons. The Hall–Kier alpha value is -1.35. The van der Waals surface area contributed by atoms with Gasteiger partial charge in [-0.25, -0.2) is 8.42 Å². The third-order valence-corrected chi connectivity index (χ3v) is 5.69. The lowest BCUT2D eigenvalue weighted by Gasteiger charge is -2.22. The van der Waals surface area contributed by atoms with Crippen molar-refractivity contribution in [2.24, 2.45) is 0 Å². The molecule has 1 aromatic carbocycles. The Morgan fingerprint density at radius 2 is 2.05 bits per heavy atom. The number of benzene rings is 1. The Kier molecular flexibility index (Phi) is 5.40. The van der Waals surface area contributed by atoms with Gasteiger partial charge in [0.15, 0.2) is 0 Å². The van der Waals surface area contributed by atoms with Crippen LogP contribution < -0.4 is 0 Å². The lowest BCUT2D eigenvalue weighted by atomic mass is 10.2. The summed E-state index contributed by atoms with van der Waals surface area (Å²) in [5.41, 5.74) is 0.760. The molecule has 1 heterocycles. The zero-order valence-corrected chi connectivity index (χ0v) is 13.1. The van der Waals surface area contributed by atoms with Gasteiger partial charge in [0.05, 0.1) is 11.5 Å². The summed E-state index contributed by atoms with van der Waals surface area (Å²) in [5.74, 6) is 5.72. The van der Waals surface area contributed by atoms with E-state index in [1.807, 2.05) is 6.92 Å². The molecule has 0 radical (unpaired) electrons. The number of sulfonamides is 1. The first-order chi connectivity index (χ1) is 10.1. The summed E-state index contributed by atoms with van der Waals surface area (Å²) in [6, 6.07) is 6.79. The summed E-state index contributed by atoms with van der Waals surface area (Å²) < 4.78 is 26.9. The van der Waals surface area contributed by atoms with E-state index in [2.05, 4.69) is 11.8 Å². The largest absolute Gasteiger partial charge is 0.395 e. The first kappa shape index (κ1) is 16.0. The van der Waals surface area contributed by atoms with E-state index in [9.17, 15) is 8.42 Å². The molecule has 1 aromatic rings. The molecule has 21 heavy (non-hydrogen) atoms. The molecule has 0 amide bonds. The molecular weight excluding hydrogens is 286 g/mol. The molecule has 4 nitrogen and oxygen atoms in total. The first-order valence-corrected chi connectivity index (χ1v) is 8.75. The van der Waals surface area contributed by atoms with Crippen LogP contribution in [0.15, 0.2) is 29.2 Å². The number of aliphatic hydroxyl groups is 1. The minimum absolute atomic E-state index is 0.0346. The molecule has 1 aliphatic rings. The predicted octanol–water partition coefficient (Wildman–Crippen LogP) is 1.98. The molecule has 0 spiro atoms. The van der Waals surface area contributed by atoms with Crippen LogP contribution in [0, 0.1) is 11.8 Å². The van der Waals surface area contributed by atoms with Gasteiger partial charge in [-0.2, -0.15) is 4.31 Å².